The molecular weight excluding hydrogens is 209 g/mol. The number of hydrogen-bond acceptors (Lipinski definition) is 3. The molecule has 1 aromatic heterocycles. The number of rotatable bonds is 2. The second-order valence-corrected chi connectivity index (χ2v) is 3.79. The zero-order chi connectivity index (χ0) is 10.1. The summed E-state index contributed by atoms with van der Waals surface area (Å²) < 4.78 is 37.8. The lowest BCUT2D eigenvalue weighted by atomic mass is 10.1. The summed E-state index contributed by atoms with van der Waals surface area (Å²) in [4.78, 5) is 0. The van der Waals surface area contributed by atoms with E-state index in [-0.39, 0.29) is 5.69 Å². The third kappa shape index (κ3) is 1.64. The van der Waals surface area contributed by atoms with Crippen LogP contribution in [0, 0.1) is 0 Å². The Balaban J connectivity index is 2.33. The van der Waals surface area contributed by atoms with Gasteiger partial charge in [0.15, 0.2) is 0 Å². The molecule has 2 rings (SSSR count). The van der Waals surface area contributed by atoms with Crippen LogP contribution in [0.15, 0.2) is 6.20 Å². The van der Waals surface area contributed by atoms with Crippen LogP contribution in [0.2, 0.25) is 0 Å². The standard InChI is InChI=1S/C7H10FN3O2S/c8-5-2-1-3-11-7(5)6(4-9-11)10-14(12)13/h4-5,10H,1-3H2,(H,12,13)/p-1. The number of halogens is 1. The summed E-state index contributed by atoms with van der Waals surface area (Å²) in [5, 5.41) is 3.90. The maximum absolute atomic E-state index is 13.4. The van der Waals surface area contributed by atoms with Crippen molar-refractivity contribution in [1.82, 2.24) is 9.78 Å². The van der Waals surface area contributed by atoms with Crippen molar-refractivity contribution in [3.05, 3.63) is 11.9 Å². The maximum Gasteiger partial charge on any atom is 0.144 e. The van der Waals surface area contributed by atoms with Gasteiger partial charge in [0.25, 0.3) is 0 Å². The van der Waals surface area contributed by atoms with E-state index in [2.05, 4.69) is 9.82 Å². The first kappa shape index (κ1) is 9.60. The van der Waals surface area contributed by atoms with Gasteiger partial charge in [-0.15, -0.1) is 0 Å². The molecular formula is C7H9FN3O2S-. The molecule has 14 heavy (non-hydrogen) atoms. The lowest BCUT2D eigenvalue weighted by Gasteiger charge is -2.19. The van der Waals surface area contributed by atoms with Gasteiger partial charge >= 0.3 is 0 Å². The Bertz CT molecular complexity index is 368. The minimum atomic E-state index is -2.43. The molecule has 78 valence electrons. The van der Waals surface area contributed by atoms with Crippen LogP contribution in [0.1, 0.15) is 24.7 Å². The molecule has 0 bridgehead atoms. The normalized spacial score (nSPS) is 22.9. The molecule has 5 nitrogen and oxygen atoms in total. The van der Waals surface area contributed by atoms with Gasteiger partial charge in [-0.1, -0.05) is 0 Å². The Hall–Kier alpha value is -0.950. The smallest absolute Gasteiger partial charge is 0.144 e. The molecule has 7 heteroatoms. The van der Waals surface area contributed by atoms with Crippen LogP contribution in [0.5, 0.6) is 0 Å². The SMILES string of the molecule is O=S([O-])Nc1cnn2c1C(F)CCC2. The van der Waals surface area contributed by atoms with Gasteiger partial charge in [0.2, 0.25) is 0 Å². The number of nitrogens with zero attached hydrogens (tertiary/aromatic N) is 2. The Kier molecular flexibility index (Phi) is 2.51. The van der Waals surface area contributed by atoms with E-state index in [0.717, 1.165) is 6.42 Å². The van der Waals surface area contributed by atoms with E-state index in [1.54, 1.807) is 0 Å². The summed E-state index contributed by atoms with van der Waals surface area (Å²) in [6.45, 7) is 0.642. The highest BCUT2D eigenvalue weighted by Crippen LogP contribution is 2.33. The molecule has 2 unspecified atom stereocenters. The van der Waals surface area contributed by atoms with Gasteiger partial charge in [0, 0.05) is 17.8 Å². The zero-order valence-corrected chi connectivity index (χ0v) is 8.09. The molecule has 2 atom stereocenters. The third-order valence-electron chi connectivity index (χ3n) is 2.20. The van der Waals surface area contributed by atoms with Gasteiger partial charge in [-0.05, 0) is 12.8 Å². The number of hydrogen-bond donors (Lipinski definition) is 1. The molecule has 0 aromatic carbocycles. The van der Waals surface area contributed by atoms with Crippen molar-refractivity contribution in [3.63, 3.8) is 0 Å². The van der Waals surface area contributed by atoms with Gasteiger partial charge in [0.1, 0.15) is 6.17 Å². The zero-order valence-electron chi connectivity index (χ0n) is 7.27. The molecule has 0 spiro atoms. The van der Waals surface area contributed by atoms with E-state index in [0.29, 0.717) is 18.7 Å². The predicted octanol–water partition coefficient (Wildman–Crippen LogP) is 0.893. The predicted molar refractivity (Wildman–Crippen MR) is 47.9 cm³/mol. The fraction of sp³-hybridized carbons (Fsp3) is 0.571. The summed E-state index contributed by atoms with van der Waals surface area (Å²) in [5.74, 6) is 0. The van der Waals surface area contributed by atoms with Crippen molar-refractivity contribution in [2.24, 2.45) is 0 Å². The second kappa shape index (κ2) is 3.66. The molecule has 0 saturated carbocycles. The average molecular weight is 218 g/mol. The summed E-state index contributed by atoms with van der Waals surface area (Å²) in [5.41, 5.74) is 0.575. The van der Waals surface area contributed by atoms with Gasteiger partial charge < -0.3 is 9.27 Å². The summed E-state index contributed by atoms with van der Waals surface area (Å²) in [7, 11) is 0. The number of aromatic nitrogens is 2. The molecule has 0 fully saturated rings. The third-order valence-corrected chi connectivity index (χ3v) is 2.58. The summed E-state index contributed by atoms with van der Waals surface area (Å²) in [6.07, 6.45) is 1.36. The summed E-state index contributed by atoms with van der Waals surface area (Å²) >= 11 is -2.43. The van der Waals surface area contributed by atoms with Crippen molar-refractivity contribution in [2.75, 3.05) is 4.72 Å². The Labute approximate surface area is 82.7 Å². The van der Waals surface area contributed by atoms with Gasteiger partial charge in [-0.3, -0.25) is 8.89 Å². The maximum atomic E-state index is 13.4. The van der Waals surface area contributed by atoms with Crippen LogP contribution in [-0.2, 0) is 17.8 Å². The van der Waals surface area contributed by atoms with Crippen LogP contribution in [0.4, 0.5) is 10.1 Å². The van der Waals surface area contributed by atoms with Crippen molar-refractivity contribution in [1.29, 1.82) is 0 Å². The van der Waals surface area contributed by atoms with E-state index >= 15 is 0 Å². The van der Waals surface area contributed by atoms with Crippen LogP contribution in [0.25, 0.3) is 0 Å². The monoisotopic (exact) mass is 218 g/mol. The fourth-order valence-electron chi connectivity index (χ4n) is 1.63. The van der Waals surface area contributed by atoms with E-state index < -0.39 is 17.4 Å². The highest BCUT2D eigenvalue weighted by Gasteiger charge is 2.24. The highest BCUT2D eigenvalue weighted by atomic mass is 32.2. The Morgan fingerprint density at radius 3 is 3.29 bits per heavy atom. The molecule has 1 aliphatic heterocycles. The van der Waals surface area contributed by atoms with Crippen molar-refractivity contribution >= 4 is 17.0 Å². The average Bonchev–Trinajstić information content (AvgIpc) is 2.49. The number of anilines is 1. The Morgan fingerprint density at radius 1 is 1.79 bits per heavy atom. The van der Waals surface area contributed by atoms with Crippen LogP contribution < -0.4 is 4.72 Å². The topological polar surface area (TPSA) is 70.0 Å². The van der Waals surface area contributed by atoms with Crippen LogP contribution in [-0.4, -0.2) is 18.5 Å². The first-order valence-electron chi connectivity index (χ1n) is 4.24. The van der Waals surface area contributed by atoms with Gasteiger partial charge in [0.05, 0.1) is 17.6 Å². The molecule has 0 amide bonds. The molecule has 1 aromatic rings. The first-order chi connectivity index (χ1) is 6.68. The minimum absolute atomic E-state index is 0.241. The van der Waals surface area contributed by atoms with Crippen molar-refractivity contribution in [3.8, 4) is 0 Å². The van der Waals surface area contributed by atoms with Gasteiger partial charge in [-0.2, -0.15) is 5.10 Å². The van der Waals surface area contributed by atoms with E-state index in [4.69, 9.17) is 0 Å². The first-order valence-corrected chi connectivity index (χ1v) is 5.31. The highest BCUT2D eigenvalue weighted by molar-refractivity contribution is 7.80. The molecule has 1 aliphatic rings. The number of nitrogens with one attached hydrogen (secondary N) is 1. The lowest BCUT2D eigenvalue weighted by Crippen LogP contribution is -2.15. The largest absolute Gasteiger partial charge is 0.755 e. The Morgan fingerprint density at radius 2 is 2.57 bits per heavy atom. The van der Waals surface area contributed by atoms with E-state index in [9.17, 15) is 13.2 Å². The minimum Gasteiger partial charge on any atom is -0.755 e. The van der Waals surface area contributed by atoms with Crippen molar-refractivity contribution < 1.29 is 13.2 Å². The molecule has 0 saturated heterocycles. The molecule has 0 radical (unpaired) electrons. The number of fused-ring (bicyclic) bond motifs is 1. The van der Waals surface area contributed by atoms with Crippen LogP contribution in [0.3, 0.4) is 0 Å². The lowest BCUT2D eigenvalue weighted by molar-refractivity contribution is 0.260. The fourth-order valence-corrected chi connectivity index (χ4v) is 1.97. The number of alkyl halides is 1. The van der Waals surface area contributed by atoms with Gasteiger partial charge in [-0.25, -0.2) is 4.39 Å². The quantitative estimate of drug-likeness (QED) is 0.749. The molecule has 0 aliphatic carbocycles. The van der Waals surface area contributed by atoms with E-state index in [1.165, 1.54) is 10.9 Å². The van der Waals surface area contributed by atoms with Crippen molar-refractivity contribution in [2.45, 2.75) is 25.6 Å². The molecule has 1 N–H and O–H groups in total. The van der Waals surface area contributed by atoms with Crippen LogP contribution >= 0.6 is 0 Å². The van der Waals surface area contributed by atoms with E-state index in [1.807, 2.05) is 0 Å². The number of aryl methyl sites for hydroxylation is 1. The molecule has 2 heterocycles. The second-order valence-electron chi connectivity index (χ2n) is 3.11. The summed E-state index contributed by atoms with van der Waals surface area (Å²) in [6, 6.07) is 0.